The van der Waals surface area contributed by atoms with Crippen molar-refractivity contribution in [3.8, 4) is 5.75 Å². The molecule has 19 heavy (non-hydrogen) atoms. The second-order valence-corrected chi connectivity index (χ2v) is 4.66. The van der Waals surface area contributed by atoms with Crippen LogP contribution in [0.5, 0.6) is 5.75 Å². The molecule has 0 amide bonds. The Morgan fingerprint density at radius 1 is 1.32 bits per heavy atom. The summed E-state index contributed by atoms with van der Waals surface area (Å²) >= 11 is 0. The topological polar surface area (TPSA) is 73.1 Å². The molecular weight excluding hydrogens is 240 g/mol. The summed E-state index contributed by atoms with van der Waals surface area (Å²) in [5.41, 5.74) is 4.89. The molecule has 1 aliphatic rings. The second kappa shape index (κ2) is 5.34. The van der Waals surface area contributed by atoms with E-state index >= 15 is 0 Å². The van der Waals surface area contributed by atoms with Gasteiger partial charge in [-0.25, -0.2) is 0 Å². The van der Waals surface area contributed by atoms with E-state index in [0.717, 1.165) is 17.9 Å². The average Bonchev–Trinajstić information content (AvgIpc) is 2.49. The van der Waals surface area contributed by atoms with Gasteiger partial charge in [-0.2, -0.15) is 0 Å². The van der Waals surface area contributed by atoms with Gasteiger partial charge < -0.3 is 4.74 Å². The van der Waals surface area contributed by atoms with E-state index in [1.165, 1.54) is 5.56 Å². The van der Waals surface area contributed by atoms with Crippen LogP contribution in [0.2, 0.25) is 0 Å². The van der Waals surface area contributed by atoms with Crippen molar-refractivity contribution in [3.05, 3.63) is 54.1 Å². The summed E-state index contributed by atoms with van der Waals surface area (Å²) in [6.45, 7) is 0.627. The van der Waals surface area contributed by atoms with Gasteiger partial charge in [0.25, 0.3) is 0 Å². The lowest BCUT2D eigenvalue weighted by molar-refractivity contribution is 0.183. The van der Waals surface area contributed by atoms with Gasteiger partial charge in [0, 0.05) is 18.3 Å². The van der Waals surface area contributed by atoms with Crippen LogP contribution >= 0.6 is 0 Å². The molecule has 5 nitrogen and oxygen atoms in total. The molecule has 1 aromatic heterocycles. The predicted octanol–water partition coefficient (Wildman–Crippen LogP) is 1.23. The van der Waals surface area contributed by atoms with Gasteiger partial charge in [0.2, 0.25) is 0 Å². The van der Waals surface area contributed by atoms with Crippen LogP contribution in [0.1, 0.15) is 17.3 Å². The van der Waals surface area contributed by atoms with Gasteiger partial charge in [0.15, 0.2) is 0 Å². The van der Waals surface area contributed by atoms with Crippen LogP contribution < -0.4 is 16.0 Å². The number of nitrogens with zero attached hydrogens (tertiary/aromatic N) is 2. The molecule has 0 saturated heterocycles. The summed E-state index contributed by atoms with van der Waals surface area (Å²) in [5, 5.41) is 0. The molecule has 0 aliphatic carbocycles. The normalized spacial score (nSPS) is 19.3. The number of hydrogen-bond donors (Lipinski definition) is 2. The van der Waals surface area contributed by atoms with Gasteiger partial charge in [-0.15, -0.1) is 0 Å². The van der Waals surface area contributed by atoms with E-state index in [4.69, 9.17) is 10.6 Å². The fourth-order valence-electron chi connectivity index (χ4n) is 2.50. The maximum absolute atomic E-state index is 5.80. The Morgan fingerprint density at radius 3 is 3.00 bits per heavy atom. The van der Waals surface area contributed by atoms with Gasteiger partial charge in [-0.3, -0.25) is 21.2 Å². The number of rotatable bonds is 3. The summed E-state index contributed by atoms with van der Waals surface area (Å²) in [7, 11) is 0. The molecule has 0 saturated carbocycles. The highest BCUT2D eigenvalue weighted by Crippen LogP contribution is 2.32. The monoisotopic (exact) mass is 256 g/mol. The average molecular weight is 256 g/mol. The fourth-order valence-corrected chi connectivity index (χ4v) is 2.50. The number of fused-ring (bicyclic) bond motifs is 1. The SMILES string of the molecule is NNC(c1cnccn1)C1COc2ccccc2C1. The Morgan fingerprint density at radius 2 is 2.21 bits per heavy atom. The Kier molecular flexibility index (Phi) is 3.39. The Balaban J connectivity index is 1.83. The van der Waals surface area contributed by atoms with Gasteiger partial charge >= 0.3 is 0 Å². The molecule has 98 valence electrons. The first-order chi connectivity index (χ1) is 9.38. The zero-order valence-electron chi connectivity index (χ0n) is 10.5. The largest absolute Gasteiger partial charge is 0.493 e. The molecule has 1 aliphatic heterocycles. The smallest absolute Gasteiger partial charge is 0.122 e. The van der Waals surface area contributed by atoms with Crippen molar-refractivity contribution in [1.29, 1.82) is 0 Å². The first-order valence-corrected chi connectivity index (χ1v) is 6.31. The van der Waals surface area contributed by atoms with Crippen molar-refractivity contribution < 1.29 is 4.74 Å². The molecule has 2 unspecified atom stereocenters. The zero-order chi connectivity index (χ0) is 13.1. The van der Waals surface area contributed by atoms with Crippen molar-refractivity contribution in [1.82, 2.24) is 15.4 Å². The highest BCUT2D eigenvalue weighted by molar-refractivity contribution is 5.35. The lowest BCUT2D eigenvalue weighted by Gasteiger charge is -2.30. The van der Waals surface area contributed by atoms with E-state index in [1.54, 1.807) is 18.6 Å². The lowest BCUT2D eigenvalue weighted by Crippen LogP contribution is -2.39. The van der Waals surface area contributed by atoms with E-state index in [-0.39, 0.29) is 12.0 Å². The zero-order valence-corrected chi connectivity index (χ0v) is 10.5. The molecule has 2 heterocycles. The first-order valence-electron chi connectivity index (χ1n) is 6.31. The molecule has 0 bridgehead atoms. The summed E-state index contributed by atoms with van der Waals surface area (Å²) in [6.07, 6.45) is 5.99. The van der Waals surface area contributed by atoms with Gasteiger partial charge in [-0.1, -0.05) is 18.2 Å². The van der Waals surface area contributed by atoms with Crippen molar-refractivity contribution in [3.63, 3.8) is 0 Å². The number of hydrogen-bond acceptors (Lipinski definition) is 5. The third-order valence-electron chi connectivity index (χ3n) is 3.46. The van der Waals surface area contributed by atoms with E-state index in [9.17, 15) is 0 Å². The van der Waals surface area contributed by atoms with E-state index in [0.29, 0.717) is 6.61 Å². The number of hydrazine groups is 1. The number of aromatic nitrogens is 2. The molecule has 0 radical (unpaired) electrons. The molecule has 0 spiro atoms. The second-order valence-electron chi connectivity index (χ2n) is 4.66. The van der Waals surface area contributed by atoms with Crippen molar-refractivity contribution in [2.45, 2.75) is 12.5 Å². The summed E-state index contributed by atoms with van der Waals surface area (Å²) < 4.78 is 5.80. The van der Waals surface area contributed by atoms with Gasteiger partial charge in [0.1, 0.15) is 5.75 Å². The van der Waals surface area contributed by atoms with Crippen LogP contribution in [0.25, 0.3) is 0 Å². The number of benzene rings is 1. The minimum absolute atomic E-state index is 0.0537. The van der Waals surface area contributed by atoms with Crippen LogP contribution in [-0.2, 0) is 6.42 Å². The van der Waals surface area contributed by atoms with Crippen LogP contribution in [-0.4, -0.2) is 16.6 Å². The third kappa shape index (κ3) is 2.43. The molecule has 0 fully saturated rings. The highest BCUT2D eigenvalue weighted by Gasteiger charge is 2.28. The number of para-hydroxylation sites is 1. The maximum atomic E-state index is 5.80. The van der Waals surface area contributed by atoms with E-state index < -0.39 is 0 Å². The molecule has 3 rings (SSSR count). The Hall–Kier alpha value is -1.98. The molecule has 3 N–H and O–H groups in total. The summed E-state index contributed by atoms with van der Waals surface area (Å²) in [5.74, 6) is 6.90. The Bertz CT molecular complexity index is 546. The highest BCUT2D eigenvalue weighted by atomic mass is 16.5. The Labute approximate surface area is 111 Å². The van der Waals surface area contributed by atoms with Crippen LogP contribution in [0.4, 0.5) is 0 Å². The molecule has 2 atom stereocenters. The van der Waals surface area contributed by atoms with Crippen molar-refractivity contribution >= 4 is 0 Å². The first kappa shape index (κ1) is 12.1. The molecule has 5 heteroatoms. The standard InChI is InChI=1S/C14H16N4O/c15-18-14(12-8-16-5-6-17-12)11-7-10-3-1-2-4-13(10)19-9-11/h1-6,8,11,14,18H,7,9,15H2. The molecule has 1 aromatic carbocycles. The maximum Gasteiger partial charge on any atom is 0.122 e. The van der Waals surface area contributed by atoms with Crippen LogP contribution in [0, 0.1) is 5.92 Å². The quantitative estimate of drug-likeness (QED) is 0.638. The van der Waals surface area contributed by atoms with Crippen molar-refractivity contribution in [2.24, 2.45) is 11.8 Å². The minimum atomic E-state index is -0.0537. The summed E-state index contributed by atoms with van der Waals surface area (Å²) in [6, 6.07) is 8.05. The van der Waals surface area contributed by atoms with Crippen LogP contribution in [0.15, 0.2) is 42.9 Å². The molecule has 2 aromatic rings. The fraction of sp³-hybridized carbons (Fsp3) is 0.286. The van der Waals surface area contributed by atoms with E-state index in [1.807, 2.05) is 18.2 Å². The van der Waals surface area contributed by atoms with Gasteiger partial charge in [-0.05, 0) is 18.1 Å². The van der Waals surface area contributed by atoms with Crippen molar-refractivity contribution in [2.75, 3.05) is 6.61 Å². The van der Waals surface area contributed by atoms with E-state index in [2.05, 4.69) is 21.5 Å². The molecular formula is C14H16N4O. The number of nitrogens with two attached hydrogens (primary N) is 1. The predicted molar refractivity (Wildman–Crippen MR) is 71.2 cm³/mol. The number of nitrogens with one attached hydrogen (secondary N) is 1. The third-order valence-corrected chi connectivity index (χ3v) is 3.46. The summed E-state index contributed by atoms with van der Waals surface area (Å²) in [4.78, 5) is 8.41. The van der Waals surface area contributed by atoms with Crippen LogP contribution in [0.3, 0.4) is 0 Å². The lowest BCUT2D eigenvalue weighted by atomic mass is 9.89. The number of ether oxygens (including phenoxy) is 1. The minimum Gasteiger partial charge on any atom is -0.493 e. The van der Waals surface area contributed by atoms with Gasteiger partial charge in [0.05, 0.1) is 24.5 Å².